The summed E-state index contributed by atoms with van der Waals surface area (Å²) in [4.78, 5) is 4.70. The first kappa shape index (κ1) is 13.1. The van der Waals surface area contributed by atoms with E-state index in [2.05, 4.69) is 43.2 Å². The summed E-state index contributed by atoms with van der Waals surface area (Å²) < 4.78 is 0. The summed E-state index contributed by atoms with van der Waals surface area (Å²) in [6.45, 7) is 6.76. The summed E-state index contributed by atoms with van der Waals surface area (Å²) in [7, 11) is -1.25. The zero-order valence-electron chi connectivity index (χ0n) is 11.6. The molecule has 18 heavy (non-hydrogen) atoms. The Labute approximate surface area is 111 Å². The smallest absolute Gasteiger partial charge is 0.129 e. The van der Waals surface area contributed by atoms with Crippen molar-refractivity contribution in [2.75, 3.05) is 0 Å². The fourth-order valence-electron chi connectivity index (χ4n) is 2.08. The first-order valence-electron chi connectivity index (χ1n) is 6.73. The van der Waals surface area contributed by atoms with Crippen molar-refractivity contribution >= 4 is 14.1 Å². The number of pyridine rings is 1. The third-order valence-electron chi connectivity index (χ3n) is 2.98. The van der Waals surface area contributed by atoms with Crippen molar-refractivity contribution < 1.29 is 0 Å². The minimum atomic E-state index is -1.25. The third kappa shape index (κ3) is 3.85. The molecule has 0 atom stereocenters. The van der Waals surface area contributed by atoms with Crippen molar-refractivity contribution in [3.05, 3.63) is 35.2 Å². The van der Waals surface area contributed by atoms with Crippen LogP contribution in [0.2, 0.25) is 19.6 Å². The lowest BCUT2D eigenvalue weighted by Gasteiger charge is -2.14. The topological polar surface area (TPSA) is 12.9 Å². The first-order chi connectivity index (χ1) is 8.54. The van der Waals surface area contributed by atoms with Gasteiger partial charge in [0.25, 0.3) is 0 Å². The Balaban J connectivity index is 2.10. The number of nitrogens with zero attached hydrogens (tertiary/aromatic N) is 1. The molecule has 2 rings (SSSR count). The molecule has 0 fully saturated rings. The molecule has 0 unspecified atom stereocenters. The van der Waals surface area contributed by atoms with Crippen LogP contribution in [-0.4, -0.2) is 13.1 Å². The minimum absolute atomic E-state index is 1.04. The summed E-state index contributed by atoms with van der Waals surface area (Å²) in [6.07, 6.45) is 8.89. The lowest BCUT2D eigenvalue weighted by atomic mass is 9.96. The van der Waals surface area contributed by atoms with Crippen molar-refractivity contribution in [1.82, 2.24) is 4.98 Å². The molecule has 1 heterocycles. The van der Waals surface area contributed by atoms with Crippen LogP contribution in [0, 0.1) is 11.5 Å². The average molecular weight is 255 g/mol. The standard InChI is InChI=1S/C16H21NSi/c1-18(2,3)13-7-6-9-15-12-11-14-8-4-5-10-16(14)17-15/h6,9,11-12H,4-5,8,10H2,1-3H3/b9-6-. The first-order valence-corrected chi connectivity index (χ1v) is 10.2. The van der Waals surface area contributed by atoms with Gasteiger partial charge in [-0.2, -0.15) is 0 Å². The van der Waals surface area contributed by atoms with Crippen molar-refractivity contribution in [2.45, 2.75) is 45.3 Å². The van der Waals surface area contributed by atoms with Crippen LogP contribution in [-0.2, 0) is 12.8 Å². The molecule has 0 spiro atoms. The largest absolute Gasteiger partial charge is 0.253 e. The Morgan fingerprint density at radius 1 is 1.17 bits per heavy atom. The molecule has 0 radical (unpaired) electrons. The minimum Gasteiger partial charge on any atom is -0.253 e. The van der Waals surface area contributed by atoms with Gasteiger partial charge in [-0.05, 0) is 49.5 Å². The molecule has 1 nitrogen and oxygen atoms in total. The summed E-state index contributed by atoms with van der Waals surface area (Å²) in [6, 6.07) is 4.34. The molecule has 0 saturated heterocycles. The summed E-state index contributed by atoms with van der Waals surface area (Å²) in [5.74, 6) is 3.15. The molecule has 0 bridgehead atoms. The Hall–Kier alpha value is -1.33. The van der Waals surface area contributed by atoms with E-state index in [1.54, 1.807) is 0 Å². The van der Waals surface area contributed by atoms with Crippen LogP contribution in [0.1, 0.15) is 29.8 Å². The quantitative estimate of drug-likeness (QED) is 0.548. The van der Waals surface area contributed by atoms with Gasteiger partial charge in [0.1, 0.15) is 8.07 Å². The predicted octanol–water partition coefficient (Wildman–Crippen LogP) is 3.85. The number of allylic oxidation sites excluding steroid dienone is 1. The van der Waals surface area contributed by atoms with Crippen LogP contribution in [0.4, 0.5) is 0 Å². The van der Waals surface area contributed by atoms with E-state index < -0.39 is 8.07 Å². The SMILES string of the molecule is C[Si](C)(C)C#C/C=C\c1ccc2c(n1)CCCC2. The molecule has 0 aliphatic heterocycles. The Kier molecular flexibility index (Phi) is 4.03. The van der Waals surface area contributed by atoms with Crippen molar-refractivity contribution in [3.8, 4) is 11.5 Å². The molecular formula is C16H21NSi. The zero-order valence-corrected chi connectivity index (χ0v) is 12.6. The molecule has 1 aromatic heterocycles. The van der Waals surface area contributed by atoms with Crippen LogP contribution in [0.5, 0.6) is 0 Å². The maximum absolute atomic E-state index is 4.70. The van der Waals surface area contributed by atoms with Crippen molar-refractivity contribution in [1.29, 1.82) is 0 Å². The van der Waals surface area contributed by atoms with Crippen LogP contribution < -0.4 is 0 Å². The molecule has 94 valence electrons. The van der Waals surface area contributed by atoms with E-state index in [0.29, 0.717) is 0 Å². The van der Waals surface area contributed by atoms with E-state index in [1.165, 1.54) is 30.5 Å². The highest BCUT2D eigenvalue weighted by molar-refractivity contribution is 6.83. The molecule has 1 aliphatic rings. The molecule has 1 aromatic rings. The maximum Gasteiger partial charge on any atom is 0.129 e. The van der Waals surface area contributed by atoms with E-state index in [-0.39, 0.29) is 0 Å². The molecule has 0 N–H and O–H groups in total. The second-order valence-corrected chi connectivity index (χ2v) is 10.7. The summed E-state index contributed by atoms with van der Waals surface area (Å²) in [5, 5.41) is 0. The zero-order chi connectivity index (χ0) is 13.0. The Morgan fingerprint density at radius 2 is 1.94 bits per heavy atom. The summed E-state index contributed by atoms with van der Waals surface area (Å²) >= 11 is 0. The van der Waals surface area contributed by atoms with E-state index >= 15 is 0 Å². The van der Waals surface area contributed by atoms with Gasteiger partial charge in [-0.25, -0.2) is 0 Å². The number of rotatable bonds is 1. The second-order valence-electron chi connectivity index (χ2n) is 5.90. The lowest BCUT2D eigenvalue weighted by Crippen LogP contribution is -2.16. The van der Waals surface area contributed by atoms with Crippen molar-refractivity contribution in [3.63, 3.8) is 0 Å². The van der Waals surface area contributed by atoms with Crippen LogP contribution in [0.25, 0.3) is 6.08 Å². The number of hydrogen-bond donors (Lipinski definition) is 0. The number of aryl methyl sites for hydroxylation is 2. The van der Waals surface area contributed by atoms with Crippen LogP contribution >= 0.6 is 0 Å². The van der Waals surface area contributed by atoms with Crippen LogP contribution in [0.15, 0.2) is 18.2 Å². The lowest BCUT2D eigenvalue weighted by molar-refractivity contribution is 0.667. The highest BCUT2D eigenvalue weighted by Crippen LogP contribution is 2.19. The molecule has 0 amide bonds. The number of fused-ring (bicyclic) bond motifs is 1. The Morgan fingerprint density at radius 3 is 2.72 bits per heavy atom. The van der Waals surface area contributed by atoms with Gasteiger partial charge in [-0.3, -0.25) is 4.98 Å². The van der Waals surface area contributed by atoms with Crippen molar-refractivity contribution in [2.24, 2.45) is 0 Å². The number of hydrogen-bond acceptors (Lipinski definition) is 1. The highest BCUT2D eigenvalue weighted by atomic mass is 28.3. The van der Waals surface area contributed by atoms with E-state index in [1.807, 2.05) is 12.2 Å². The van der Waals surface area contributed by atoms with Gasteiger partial charge in [0, 0.05) is 5.69 Å². The van der Waals surface area contributed by atoms with E-state index in [9.17, 15) is 0 Å². The van der Waals surface area contributed by atoms with Crippen LogP contribution in [0.3, 0.4) is 0 Å². The fourth-order valence-corrected chi connectivity index (χ4v) is 2.59. The van der Waals surface area contributed by atoms with E-state index in [0.717, 1.165) is 12.1 Å². The molecular weight excluding hydrogens is 234 g/mol. The van der Waals surface area contributed by atoms with Gasteiger partial charge in [-0.15, -0.1) is 5.54 Å². The second kappa shape index (κ2) is 5.54. The predicted molar refractivity (Wildman–Crippen MR) is 81.0 cm³/mol. The Bertz CT molecular complexity index is 512. The van der Waals surface area contributed by atoms with Gasteiger partial charge in [0.15, 0.2) is 0 Å². The molecule has 0 aromatic carbocycles. The maximum atomic E-state index is 4.70. The van der Waals surface area contributed by atoms with Gasteiger partial charge in [-0.1, -0.05) is 31.6 Å². The molecule has 1 aliphatic carbocycles. The van der Waals surface area contributed by atoms with E-state index in [4.69, 9.17) is 4.98 Å². The monoisotopic (exact) mass is 255 g/mol. The van der Waals surface area contributed by atoms with Gasteiger partial charge in [0.05, 0.1) is 5.69 Å². The highest BCUT2D eigenvalue weighted by Gasteiger charge is 2.10. The fraction of sp³-hybridized carbons (Fsp3) is 0.438. The van der Waals surface area contributed by atoms with Gasteiger partial charge >= 0.3 is 0 Å². The third-order valence-corrected chi connectivity index (χ3v) is 3.88. The van der Waals surface area contributed by atoms with Gasteiger partial charge in [0.2, 0.25) is 0 Å². The molecule has 2 heteroatoms. The normalized spacial score (nSPS) is 15.1. The number of aromatic nitrogens is 1. The average Bonchev–Trinajstić information content (AvgIpc) is 2.33. The summed E-state index contributed by atoms with van der Waals surface area (Å²) in [5.41, 5.74) is 7.10. The molecule has 0 saturated carbocycles. The van der Waals surface area contributed by atoms with Gasteiger partial charge < -0.3 is 0 Å².